The van der Waals surface area contributed by atoms with E-state index in [1.807, 2.05) is 37.2 Å². The molecular weight excluding hydrogens is 1360 g/mol. The van der Waals surface area contributed by atoms with Crippen molar-refractivity contribution in [2.24, 2.45) is 0 Å². The molecule has 528 valence electrons. The Morgan fingerprint density at radius 3 is 0.649 bits per heavy atom. The van der Waals surface area contributed by atoms with Gasteiger partial charge < -0.3 is 28.4 Å². The van der Waals surface area contributed by atoms with Crippen LogP contribution in [0.25, 0.3) is 117 Å². The molecule has 0 aliphatic carbocycles. The summed E-state index contributed by atoms with van der Waals surface area (Å²) in [5, 5.41) is 7.37. The van der Waals surface area contributed by atoms with Crippen LogP contribution in [0.1, 0.15) is 74.9 Å². The first-order valence-corrected chi connectivity index (χ1v) is 38.0. The lowest BCUT2D eigenvalue weighted by molar-refractivity contribution is 0.631. The van der Waals surface area contributed by atoms with E-state index >= 15 is 0 Å². The summed E-state index contributed by atoms with van der Waals surface area (Å²) in [6.07, 6.45) is 11.7. The number of hydrogen-bond acceptors (Lipinski definition) is 9. The first kappa shape index (κ1) is 64.1. The van der Waals surface area contributed by atoms with Crippen LogP contribution in [-0.2, 0) is 16.2 Å². The lowest BCUT2D eigenvalue weighted by atomic mass is 9.73. The normalized spacial score (nSPS) is 14.4. The van der Waals surface area contributed by atoms with E-state index in [-0.39, 0.29) is 16.2 Å². The van der Waals surface area contributed by atoms with Crippen LogP contribution in [-0.4, -0.2) is 43.6 Å². The largest absolute Gasteiger partial charge is 0.309 e. The standard InChI is InChI=1S/C99H72N12/c1-97(2)76-31-13-22-40-88(76)109(91-46-43-64(52-79(91)97)106-82-34-16-7-25-70(82)71-26-8-17-35-83(71)106)67-55-100-94(101-56-67)61-49-62(95-102-57-68(58-103-95)110-89-41-23-14-32-77(89)98(3,4)80-53-65(44-47-92(80)110)107-84-36-18-9-27-72(84)73-28-10-19-37-85(73)107)51-63(50-61)96-104-59-69(60-105-96)111-90-42-24-15-33-78(90)99(5,6)81-54-66(45-48-93(81)111)108-86-38-20-11-29-74(86)75-30-12-21-39-87(75)108/h7-60H,1-6H3. The molecule has 111 heavy (non-hydrogen) atoms. The smallest absolute Gasteiger partial charge is 0.159 e. The average Bonchev–Trinajstić information content (AvgIpc) is 1.53. The minimum Gasteiger partial charge on any atom is -0.309 e. The molecule has 0 unspecified atom stereocenters. The molecule has 0 saturated carbocycles. The Morgan fingerprint density at radius 2 is 0.405 bits per heavy atom. The number of nitrogens with zero attached hydrogens (tertiary/aromatic N) is 12. The zero-order chi connectivity index (χ0) is 74.2. The number of fused-ring (bicyclic) bond motifs is 15. The van der Waals surface area contributed by atoms with Crippen LogP contribution in [0.2, 0.25) is 0 Å². The number of aromatic nitrogens is 9. The molecule has 0 bridgehead atoms. The summed E-state index contributed by atoms with van der Waals surface area (Å²) in [6, 6.07) is 105. The van der Waals surface area contributed by atoms with Crippen molar-refractivity contribution in [3.63, 3.8) is 0 Å². The molecule has 12 nitrogen and oxygen atoms in total. The van der Waals surface area contributed by atoms with Crippen LogP contribution in [0.5, 0.6) is 0 Å². The van der Waals surface area contributed by atoms with Crippen molar-refractivity contribution < 1.29 is 0 Å². The molecular formula is C99H72N12. The first-order valence-electron chi connectivity index (χ1n) is 38.0. The van der Waals surface area contributed by atoms with Crippen LogP contribution in [0.3, 0.4) is 0 Å². The van der Waals surface area contributed by atoms with Gasteiger partial charge in [-0.1, -0.05) is 205 Å². The molecule has 22 rings (SSSR count). The van der Waals surface area contributed by atoms with E-state index in [9.17, 15) is 0 Å². The van der Waals surface area contributed by atoms with E-state index < -0.39 is 0 Å². The highest BCUT2D eigenvalue weighted by Crippen LogP contribution is 2.57. The van der Waals surface area contributed by atoms with E-state index in [0.29, 0.717) is 17.5 Å². The van der Waals surface area contributed by atoms with Crippen molar-refractivity contribution in [1.82, 2.24) is 43.6 Å². The number of rotatable bonds is 9. The van der Waals surface area contributed by atoms with Crippen LogP contribution in [0, 0.1) is 0 Å². The third kappa shape index (κ3) is 9.53. The van der Waals surface area contributed by atoms with Crippen LogP contribution >= 0.6 is 0 Å². The van der Waals surface area contributed by atoms with Gasteiger partial charge in [-0.25, -0.2) is 29.9 Å². The highest BCUT2D eigenvalue weighted by Gasteiger charge is 2.41. The lowest BCUT2D eigenvalue weighted by Gasteiger charge is -2.42. The maximum Gasteiger partial charge on any atom is 0.159 e. The van der Waals surface area contributed by atoms with E-state index in [1.165, 1.54) is 98.8 Å². The molecule has 0 fully saturated rings. The highest BCUT2D eigenvalue weighted by molar-refractivity contribution is 6.12. The highest BCUT2D eigenvalue weighted by atomic mass is 15.2. The Kier molecular flexibility index (Phi) is 13.8. The minimum absolute atomic E-state index is 0.354. The third-order valence-electron chi connectivity index (χ3n) is 24.0. The summed E-state index contributed by atoms with van der Waals surface area (Å²) in [7, 11) is 0. The summed E-state index contributed by atoms with van der Waals surface area (Å²) in [5.74, 6) is 1.57. The molecule has 0 saturated heterocycles. The SMILES string of the molecule is CC1(C)c2ccccc2N(c2cnc(-c3cc(-c4ncc(N5c6ccccc6C(C)(C)c6cc(-n7c8ccccc8c8ccccc87)ccc65)cn4)cc(-c4ncc(N5c6ccccc6C(C)(C)c6cc(-n7c8ccccc8c8ccccc87)ccc65)cn4)c3)nc2)c2ccc(-n3c4ccccc4c4ccccc43)cc21. The summed E-state index contributed by atoms with van der Waals surface area (Å²) < 4.78 is 7.20. The minimum atomic E-state index is -0.354. The molecule has 0 N–H and O–H groups in total. The predicted molar refractivity (Wildman–Crippen MR) is 453 cm³/mol. The Hall–Kier alpha value is -14.1. The molecule has 9 heterocycles. The quantitative estimate of drug-likeness (QED) is 0.140. The molecule has 12 heteroatoms. The van der Waals surface area contributed by atoms with Crippen molar-refractivity contribution in [2.45, 2.75) is 57.8 Å². The second-order valence-corrected chi connectivity index (χ2v) is 31.2. The summed E-state index contributed by atoms with van der Waals surface area (Å²) in [4.78, 5) is 38.8. The molecule has 0 amide bonds. The molecule has 6 aromatic heterocycles. The first-order chi connectivity index (χ1) is 54.3. The fraction of sp³-hybridized carbons (Fsp3) is 0.0909. The average molecular weight is 1430 g/mol. The van der Waals surface area contributed by atoms with Gasteiger partial charge in [-0.05, 0) is 161 Å². The second kappa shape index (κ2) is 23.9. The van der Waals surface area contributed by atoms with E-state index in [0.717, 1.165) is 84.9 Å². The maximum absolute atomic E-state index is 5.31. The van der Waals surface area contributed by atoms with Crippen LogP contribution in [0.4, 0.5) is 51.2 Å². The van der Waals surface area contributed by atoms with Gasteiger partial charge in [0.1, 0.15) is 0 Å². The monoisotopic (exact) mass is 1430 g/mol. The summed E-state index contributed by atoms with van der Waals surface area (Å²) >= 11 is 0. The topological polar surface area (TPSA) is 102 Å². The van der Waals surface area contributed by atoms with Crippen molar-refractivity contribution in [2.75, 3.05) is 14.7 Å². The third-order valence-corrected chi connectivity index (χ3v) is 24.0. The van der Waals surface area contributed by atoms with Crippen molar-refractivity contribution in [1.29, 1.82) is 0 Å². The molecule has 0 atom stereocenters. The van der Waals surface area contributed by atoms with Gasteiger partial charge in [0.15, 0.2) is 17.5 Å². The Morgan fingerprint density at radius 1 is 0.198 bits per heavy atom. The molecule has 13 aromatic carbocycles. The van der Waals surface area contributed by atoms with Crippen LogP contribution in [0.15, 0.2) is 328 Å². The van der Waals surface area contributed by atoms with Crippen molar-refractivity contribution >= 4 is 117 Å². The Balaban J connectivity index is 0.662. The lowest BCUT2D eigenvalue weighted by Crippen LogP contribution is -2.31. The predicted octanol–water partition coefficient (Wildman–Crippen LogP) is 24.7. The zero-order valence-electron chi connectivity index (χ0n) is 62.0. The van der Waals surface area contributed by atoms with Gasteiger partial charge >= 0.3 is 0 Å². The van der Waals surface area contributed by atoms with Gasteiger partial charge in [-0.15, -0.1) is 0 Å². The summed E-state index contributed by atoms with van der Waals surface area (Å²) in [6.45, 7) is 14.0. The Bertz CT molecular complexity index is 6240. The van der Waals surface area contributed by atoms with Gasteiger partial charge in [-0.3, -0.25) is 0 Å². The van der Waals surface area contributed by atoms with Crippen LogP contribution < -0.4 is 14.7 Å². The number of hydrogen-bond donors (Lipinski definition) is 0. The van der Waals surface area contributed by atoms with Gasteiger partial charge in [0.2, 0.25) is 0 Å². The van der Waals surface area contributed by atoms with Gasteiger partial charge in [0.05, 0.1) is 121 Å². The van der Waals surface area contributed by atoms with E-state index in [2.05, 4.69) is 361 Å². The molecule has 0 spiro atoms. The number of benzene rings is 13. The summed E-state index contributed by atoms with van der Waals surface area (Å²) in [5.41, 5.74) is 27.7. The van der Waals surface area contributed by atoms with Crippen molar-refractivity contribution in [3.8, 4) is 51.2 Å². The molecule has 0 radical (unpaired) electrons. The van der Waals surface area contributed by atoms with E-state index in [4.69, 9.17) is 29.9 Å². The zero-order valence-corrected chi connectivity index (χ0v) is 62.0. The van der Waals surface area contributed by atoms with Gasteiger partial charge in [0, 0.05) is 82.3 Å². The van der Waals surface area contributed by atoms with Gasteiger partial charge in [0.25, 0.3) is 0 Å². The van der Waals surface area contributed by atoms with E-state index in [1.54, 1.807) is 0 Å². The van der Waals surface area contributed by atoms with Gasteiger partial charge in [-0.2, -0.15) is 0 Å². The number of para-hydroxylation sites is 9. The molecule has 3 aliphatic rings. The Labute approximate surface area is 641 Å². The fourth-order valence-corrected chi connectivity index (χ4v) is 18.7. The molecule has 19 aromatic rings. The fourth-order valence-electron chi connectivity index (χ4n) is 18.7. The maximum atomic E-state index is 5.31. The second-order valence-electron chi connectivity index (χ2n) is 31.2. The number of anilines is 9. The molecule has 3 aliphatic heterocycles. The van der Waals surface area contributed by atoms with Crippen molar-refractivity contribution in [3.05, 3.63) is 362 Å².